The van der Waals surface area contributed by atoms with Gasteiger partial charge in [0, 0.05) is 24.0 Å². The van der Waals surface area contributed by atoms with Gasteiger partial charge in [-0.05, 0) is 41.5 Å². The molecule has 0 atom stereocenters. The normalized spacial score (nSPS) is 13.3. The van der Waals surface area contributed by atoms with Crippen molar-refractivity contribution >= 4 is 10.0 Å². The SMILES string of the molecule is C.CC(C)(C)N(CCc1nncn1C(C)(C)C)S(C)(=O)=O. The second-order valence-electron chi connectivity index (χ2n) is 7.04. The highest BCUT2D eigenvalue weighted by Gasteiger charge is 2.30. The molecule has 0 amide bonds. The standard InChI is InChI=1S/C13H26N4O2S.CH4/c1-12(2,3)16-10-14-15-11(16)8-9-17(13(4,5)6)20(7,18)19;/h10H,8-9H2,1-7H3;1H4. The molecular formula is C14H30N4O2S. The Kier molecular flexibility index (Phi) is 6.15. The van der Waals surface area contributed by atoms with Crippen LogP contribution in [0.3, 0.4) is 0 Å². The number of sulfonamides is 1. The molecule has 0 unspecified atom stereocenters. The molecule has 0 bridgehead atoms. The monoisotopic (exact) mass is 318 g/mol. The highest BCUT2D eigenvalue weighted by Crippen LogP contribution is 2.19. The third kappa shape index (κ3) is 5.39. The molecule has 1 heterocycles. The van der Waals surface area contributed by atoms with Gasteiger partial charge >= 0.3 is 0 Å². The van der Waals surface area contributed by atoms with E-state index < -0.39 is 15.6 Å². The van der Waals surface area contributed by atoms with Crippen molar-refractivity contribution in [2.45, 2.75) is 66.5 Å². The van der Waals surface area contributed by atoms with E-state index in [9.17, 15) is 8.42 Å². The first-order valence-corrected chi connectivity index (χ1v) is 8.55. The van der Waals surface area contributed by atoms with E-state index in [-0.39, 0.29) is 13.0 Å². The Morgan fingerprint density at radius 1 is 1.19 bits per heavy atom. The predicted octanol–water partition coefficient (Wildman–Crippen LogP) is 2.27. The van der Waals surface area contributed by atoms with Crippen LogP contribution in [0.1, 0.15) is 54.8 Å². The Morgan fingerprint density at radius 3 is 2.10 bits per heavy atom. The topological polar surface area (TPSA) is 68.1 Å². The molecule has 1 rings (SSSR count). The molecule has 7 heteroatoms. The molecule has 0 aliphatic carbocycles. The Morgan fingerprint density at radius 2 is 1.71 bits per heavy atom. The van der Waals surface area contributed by atoms with E-state index in [2.05, 4.69) is 31.0 Å². The van der Waals surface area contributed by atoms with Crippen molar-refractivity contribution in [1.29, 1.82) is 0 Å². The minimum atomic E-state index is -3.25. The zero-order chi connectivity index (χ0) is 15.8. The van der Waals surface area contributed by atoms with Gasteiger partial charge in [0.05, 0.1) is 6.26 Å². The van der Waals surface area contributed by atoms with Crippen LogP contribution in [-0.4, -0.2) is 45.8 Å². The lowest BCUT2D eigenvalue weighted by molar-refractivity contribution is 0.249. The van der Waals surface area contributed by atoms with Crippen molar-refractivity contribution in [3.8, 4) is 0 Å². The first-order chi connectivity index (χ1) is 8.83. The van der Waals surface area contributed by atoms with Crippen LogP contribution >= 0.6 is 0 Å². The van der Waals surface area contributed by atoms with Gasteiger partial charge in [-0.1, -0.05) is 7.43 Å². The zero-order valence-corrected chi connectivity index (χ0v) is 14.3. The van der Waals surface area contributed by atoms with Gasteiger partial charge in [0.1, 0.15) is 12.2 Å². The van der Waals surface area contributed by atoms with E-state index in [1.54, 1.807) is 6.33 Å². The van der Waals surface area contributed by atoms with Crippen LogP contribution in [0.15, 0.2) is 6.33 Å². The van der Waals surface area contributed by atoms with E-state index in [1.165, 1.54) is 10.6 Å². The van der Waals surface area contributed by atoms with Gasteiger partial charge in [0.25, 0.3) is 0 Å². The van der Waals surface area contributed by atoms with Crippen LogP contribution in [0.25, 0.3) is 0 Å². The highest BCUT2D eigenvalue weighted by atomic mass is 32.2. The molecule has 124 valence electrons. The van der Waals surface area contributed by atoms with Gasteiger partial charge < -0.3 is 4.57 Å². The van der Waals surface area contributed by atoms with Crippen LogP contribution < -0.4 is 0 Å². The molecule has 0 aliphatic heterocycles. The largest absolute Gasteiger partial charge is 0.312 e. The lowest BCUT2D eigenvalue weighted by Gasteiger charge is -2.33. The highest BCUT2D eigenvalue weighted by molar-refractivity contribution is 7.88. The molecule has 1 aromatic rings. The molecule has 0 fully saturated rings. The molecule has 0 spiro atoms. The summed E-state index contributed by atoms with van der Waals surface area (Å²) in [6.45, 7) is 12.3. The lowest BCUT2D eigenvalue weighted by atomic mass is 10.1. The van der Waals surface area contributed by atoms with Gasteiger partial charge in [-0.25, -0.2) is 8.42 Å². The average Bonchev–Trinajstić information content (AvgIpc) is 2.60. The third-order valence-electron chi connectivity index (χ3n) is 3.03. The first-order valence-electron chi connectivity index (χ1n) is 6.70. The van der Waals surface area contributed by atoms with Crippen LogP contribution in [0.2, 0.25) is 0 Å². The lowest BCUT2D eigenvalue weighted by Crippen LogP contribution is -2.46. The Hall–Kier alpha value is -0.950. The molecule has 1 aromatic heterocycles. The Labute approximate surface area is 129 Å². The second-order valence-corrected chi connectivity index (χ2v) is 8.95. The molecule has 0 saturated carbocycles. The summed E-state index contributed by atoms with van der Waals surface area (Å²) in [5, 5.41) is 8.05. The summed E-state index contributed by atoms with van der Waals surface area (Å²) in [5.41, 5.74) is -0.559. The summed E-state index contributed by atoms with van der Waals surface area (Å²) in [5.74, 6) is 0.801. The maximum absolute atomic E-state index is 11.9. The van der Waals surface area contributed by atoms with E-state index in [0.717, 1.165) is 5.82 Å². The van der Waals surface area contributed by atoms with E-state index in [1.807, 2.05) is 25.3 Å². The van der Waals surface area contributed by atoms with Crippen molar-refractivity contribution in [2.24, 2.45) is 0 Å². The zero-order valence-electron chi connectivity index (χ0n) is 13.5. The van der Waals surface area contributed by atoms with Crippen molar-refractivity contribution in [1.82, 2.24) is 19.1 Å². The van der Waals surface area contributed by atoms with Gasteiger partial charge in [0.15, 0.2) is 0 Å². The maximum atomic E-state index is 11.9. The maximum Gasteiger partial charge on any atom is 0.211 e. The summed E-state index contributed by atoms with van der Waals surface area (Å²) in [6, 6.07) is 0. The fraction of sp³-hybridized carbons (Fsp3) is 0.857. The molecular weight excluding hydrogens is 288 g/mol. The first kappa shape index (κ1) is 20.1. The van der Waals surface area contributed by atoms with Crippen molar-refractivity contribution in [3.63, 3.8) is 0 Å². The fourth-order valence-electron chi connectivity index (χ4n) is 2.19. The summed E-state index contributed by atoms with van der Waals surface area (Å²) in [4.78, 5) is 0. The van der Waals surface area contributed by atoms with Crippen LogP contribution in [0.5, 0.6) is 0 Å². The third-order valence-corrected chi connectivity index (χ3v) is 4.56. The van der Waals surface area contributed by atoms with Crippen molar-refractivity contribution in [2.75, 3.05) is 12.8 Å². The molecule has 0 saturated heterocycles. The average molecular weight is 318 g/mol. The molecule has 0 radical (unpaired) electrons. The summed E-state index contributed by atoms with van der Waals surface area (Å²) in [6.07, 6.45) is 3.48. The van der Waals surface area contributed by atoms with Crippen LogP contribution in [0, 0.1) is 0 Å². The number of aromatic nitrogens is 3. The quantitative estimate of drug-likeness (QED) is 0.854. The summed E-state index contributed by atoms with van der Waals surface area (Å²) >= 11 is 0. The minimum absolute atomic E-state index is 0. The smallest absolute Gasteiger partial charge is 0.211 e. The number of hydrogen-bond donors (Lipinski definition) is 0. The van der Waals surface area contributed by atoms with Crippen LogP contribution in [0.4, 0.5) is 0 Å². The number of nitrogens with zero attached hydrogens (tertiary/aromatic N) is 4. The van der Waals surface area contributed by atoms with E-state index >= 15 is 0 Å². The molecule has 0 N–H and O–H groups in total. The minimum Gasteiger partial charge on any atom is -0.312 e. The molecule has 21 heavy (non-hydrogen) atoms. The summed E-state index contributed by atoms with van der Waals surface area (Å²) in [7, 11) is -3.25. The fourth-order valence-corrected chi connectivity index (χ4v) is 3.61. The van der Waals surface area contributed by atoms with E-state index in [4.69, 9.17) is 0 Å². The Balaban J connectivity index is 0.00000400. The van der Waals surface area contributed by atoms with Crippen molar-refractivity contribution < 1.29 is 8.42 Å². The Bertz CT molecular complexity index is 550. The van der Waals surface area contributed by atoms with Crippen molar-refractivity contribution in [3.05, 3.63) is 12.2 Å². The molecule has 6 nitrogen and oxygen atoms in total. The van der Waals surface area contributed by atoms with Gasteiger partial charge in [-0.3, -0.25) is 0 Å². The van der Waals surface area contributed by atoms with Gasteiger partial charge in [0.2, 0.25) is 10.0 Å². The van der Waals surface area contributed by atoms with Gasteiger partial charge in [-0.2, -0.15) is 4.31 Å². The van der Waals surface area contributed by atoms with Gasteiger partial charge in [-0.15, -0.1) is 10.2 Å². The molecule has 0 aliphatic rings. The van der Waals surface area contributed by atoms with Crippen LogP contribution in [-0.2, 0) is 22.0 Å². The van der Waals surface area contributed by atoms with E-state index in [0.29, 0.717) is 13.0 Å². The predicted molar refractivity (Wildman–Crippen MR) is 86.8 cm³/mol. The number of hydrogen-bond acceptors (Lipinski definition) is 4. The second kappa shape index (κ2) is 6.44. The summed E-state index contributed by atoms with van der Waals surface area (Å²) < 4.78 is 27.3. The number of rotatable bonds is 4. The molecule has 0 aromatic carbocycles.